The molecule has 140 valence electrons. The van der Waals surface area contributed by atoms with Gasteiger partial charge in [-0.15, -0.1) is 0 Å². The van der Waals surface area contributed by atoms with Gasteiger partial charge in [0.1, 0.15) is 5.75 Å². The highest BCUT2D eigenvalue weighted by atomic mass is 19.4. The molecule has 0 aliphatic rings. The van der Waals surface area contributed by atoms with Crippen molar-refractivity contribution in [3.8, 4) is 17.1 Å². The highest BCUT2D eigenvalue weighted by Crippen LogP contribution is 2.29. The first-order valence-corrected chi connectivity index (χ1v) is 7.68. The van der Waals surface area contributed by atoms with Crippen molar-refractivity contribution in [1.82, 2.24) is 10.1 Å². The molecule has 0 spiro atoms. The molecule has 9 heteroatoms. The first-order chi connectivity index (χ1) is 12.9. The van der Waals surface area contributed by atoms with Crippen molar-refractivity contribution in [2.75, 3.05) is 7.11 Å². The van der Waals surface area contributed by atoms with Crippen LogP contribution in [-0.4, -0.2) is 23.2 Å². The molecule has 2 aromatic carbocycles. The average Bonchev–Trinajstić information content (AvgIpc) is 3.14. The number of aromatic nitrogens is 2. The largest absolute Gasteiger partial charge is 0.497 e. The molecule has 0 amide bonds. The van der Waals surface area contributed by atoms with Gasteiger partial charge in [-0.25, -0.2) is 4.79 Å². The molecule has 6 nitrogen and oxygen atoms in total. The third kappa shape index (κ3) is 4.43. The van der Waals surface area contributed by atoms with Crippen LogP contribution in [0.5, 0.6) is 5.75 Å². The fourth-order valence-electron chi connectivity index (χ4n) is 2.23. The number of alkyl halides is 3. The van der Waals surface area contributed by atoms with Gasteiger partial charge in [-0.2, -0.15) is 18.2 Å². The van der Waals surface area contributed by atoms with Crippen LogP contribution in [0.2, 0.25) is 0 Å². The van der Waals surface area contributed by atoms with Gasteiger partial charge < -0.3 is 14.0 Å². The average molecular weight is 378 g/mol. The van der Waals surface area contributed by atoms with Gasteiger partial charge in [-0.05, 0) is 30.3 Å². The van der Waals surface area contributed by atoms with Gasteiger partial charge in [0.2, 0.25) is 5.82 Å². The van der Waals surface area contributed by atoms with Crippen LogP contribution in [0.25, 0.3) is 11.4 Å². The molecule has 1 heterocycles. The van der Waals surface area contributed by atoms with E-state index in [1.54, 1.807) is 24.3 Å². The van der Waals surface area contributed by atoms with Gasteiger partial charge in [0, 0.05) is 5.56 Å². The number of carbonyl (C=O) groups is 1. The molecule has 0 aliphatic carbocycles. The molecule has 0 fully saturated rings. The predicted molar refractivity (Wildman–Crippen MR) is 86.8 cm³/mol. The van der Waals surface area contributed by atoms with Gasteiger partial charge in [0.05, 0.1) is 18.2 Å². The summed E-state index contributed by atoms with van der Waals surface area (Å²) in [4.78, 5) is 16.0. The second-order valence-electron chi connectivity index (χ2n) is 5.40. The number of methoxy groups -OCH3 is 1. The van der Waals surface area contributed by atoms with Crippen LogP contribution in [0.4, 0.5) is 13.2 Å². The summed E-state index contributed by atoms with van der Waals surface area (Å²) in [6, 6.07) is 10.9. The molecular weight excluding hydrogens is 365 g/mol. The van der Waals surface area contributed by atoms with E-state index < -0.39 is 17.7 Å². The minimum absolute atomic E-state index is 0.00754. The summed E-state index contributed by atoms with van der Waals surface area (Å²) in [6.07, 6.45) is -4.55. The number of ether oxygens (including phenoxy) is 2. The van der Waals surface area contributed by atoms with E-state index >= 15 is 0 Å². The van der Waals surface area contributed by atoms with Crippen LogP contribution < -0.4 is 4.74 Å². The van der Waals surface area contributed by atoms with E-state index in [-0.39, 0.29) is 23.9 Å². The first-order valence-electron chi connectivity index (χ1n) is 7.68. The Balaban J connectivity index is 1.67. The first kappa shape index (κ1) is 18.4. The Bertz CT molecular complexity index is 954. The van der Waals surface area contributed by atoms with E-state index in [0.29, 0.717) is 11.3 Å². The van der Waals surface area contributed by atoms with Crippen LogP contribution in [0.15, 0.2) is 53.1 Å². The number of halogens is 3. The molecule has 0 atom stereocenters. The maximum atomic E-state index is 12.7. The molecule has 0 N–H and O–H groups in total. The summed E-state index contributed by atoms with van der Waals surface area (Å²) in [5.41, 5.74) is -0.527. The van der Waals surface area contributed by atoms with Gasteiger partial charge in [0.15, 0.2) is 6.61 Å². The molecule has 0 aliphatic heterocycles. The number of carbonyl (C=O) groups excluding carboxylic acids is 1. The number of rotatable bonds is 5. The number of hydrogen-bond donors (Lipinski definition) is 0. The van der Waals surface area contributed by atoms with E-state index in [1.165, 1.54) is 13.2 Å². The molecule has 1 aromatic heterocycles. The lowest BCUT2D eigenvalue weighted by molar-refractivity contribution is -0.137. The van der Waals surface area contributed by atoms with E-state index in [4.69, 9.17) is 14.0 Å². The molecule has 0 saturated heterocycles. The second-order valence-corrected chi connectivity index (χ2v) is 5.40. The third-order valence-electron chi connectivity index (χ3n) is 3.55. The smallest absolute Gasteiger partial charge is 0.416 e. The van der Waals surface area contributed by atoms with Crippen molar-refractivity contribution < 1.29 is 32.0 Å². The van der Waals surface area contributed by atoms with E-state index in [0.717, 1.165) is 18.2 Å². The number of benzene rings is 2. The van der Waals surface area contributed by atoms with Crippen LogP contribution in [-0.2, 0) is 17.5 Å². The summed E-state index contributed by atoms with van der Waals surface area (Å²) in [5.74, 6) is -0.0516. The molecule has 0 unspecified atom stereocenters. The van der Waals surface area contributed by atoms with E-state index in [1.807, 2.05) is 0 Å². The summed E-state index contributed by atoms with van der Waals surface area (Å²) in [7, 11) is 1.52. The maximum Gasteiger partial charge on any atom is 0.416 e. The number of hydrogen-bond acceptors (Lipinski definition) is 6. The zero-order valence-corrected chi connectivity index (χ0v) is 14.0. The summed E-state index contributed by atoms with van der Waals surface area (Å²) < 4.78 is 53.2. The Hall–Kier alpha value is -3.36. The Morgan fingerprint density at radius 2 is 1.93 bits per heavy atom. The zero-order chi connectivity index (χ0) is 19.4. The van der Waals surface area contributed by atoms with Crippen LogP contribution >= 0.6 is 0 Å². The number of nitrogens with zero attached hydrogens (tertiary/aromatic N) is 2. The second kappa shape index (κ2) is 7.48. The Morgan fingerprint density at radius 1 is 1.15 bits per heavy atom. The zero-order valence-electron chi connectivity index (χ0n) is 14.0. The molecule has 0 bridgehead atoms. The molecule has 0 saturated carbocycles. The van der Waals surface area contributed by atoms with Crippen molar-refractivity contribution >= 4 is 5.97 Å². The molecule has 3 rings (SSSR count). The van der Waals surface area contributed by atoms with Crippen LogP contribution in [0.3, 0.4) is 0 Å². The normalized spacial score (nSPS) is 11.3. The lowest BCUT2D eigenvalue weighted by atomic mass is 10.1. The fourth-order valence-corrected chi connectivity index (χ4v) is 2.23. The SMILES string of the molecule is COc1cccc(-c2noc(COC(=O)c3cccc(C(F)(F)F)c3)n2)c1. The van der Waals surface area contributed by atoms with Gasteiger partial charge in [-0.3, -0.25) is 0 Å². The highest BCUT2D eigenvalue weighted by Gasteiger charge is 2.31. The van der Waals surface area contributed by atoms with Gasteiger partial charge in [0.25, 0.3) is 5.89 Å². The molecular formula is C18H13F3N2O4. The minimum Gasteiger partial charge on any atom is -0.497 e. The standard InChI is InChI=1S/C18H13F3N2O4/c1-25-14-7-3-4-11(9-14)16-22-15(27-23-16)10-26-17(24)12-5-2-6-13(8-12)18(19,20)21/h2-9H,10H2,1H3. The summed E-state index contributed by atoms with van der Waals surface area (Å²) >= 11 is 0. The van der Waals surface area contributed by atoms with Crippen molar-refractivity contribution in [1.29, 1.82) is 0 Å². The summed E-state index contributed by atoms with van der Waals surface area (Å²) in [5, 5.41) is 3.78. The van der Waals surface area contributed by atoms with Gasteiger partial charge in [-0.1, -0.05) is 23.4 Å². The Morgan fingerprint density at radius 3 is 2.67 bits per heavy atom. The van der Waals surface area contributed by atoms with Crippen molar-refractivity contribution in [2.45, 2.75) is 12.8 Å². The van der Waals surface area contributed by atoms with E-state index in [2.05, 4.69) is 10.1 Å². The molecule has 0 radical (unpaired) electrons. The fraction of sp³-hybridized carbons (Fsp3) is 0.167. The maximum absolute atomic E-state index is 12.7. The van der Waals surface area contributed by atoms with Crippen molar-refractivity contribution in [3.63, 3.8) is 0 Å². The lowest BCUT2D eigenvalue weighted by Crippen LogP contribution is -2.09. The predicted octanol–water partition coefficient (Wildman–Crippen LogP) is 4.12. The van der Waals surface area contributed by atoms with Crippen molar-refractivity contribution in [3.05, 3.63) is 65.5 Å². The third-order valence-corrected chi connectivity index (χ3v) is 3.55. The Kier molecular flexibility index (Phi) is 5.11. The molecule has 27 heavy (non-hydrogen) atoms. The quantitative estimate of drug-likeness (QED) is 0.622. The lowest BCUT2D eigenvalue weighted by Gasteiger charge is -2.08. The van der Waals surface area contributed by atoms with Gasteiger partial charge >= 0.3 is 12.1 Å². The molecule has 3 aromatic rings. The number of esters is 1. The van der Waals surface area contributed by atoms with E-state index in [9.17, 15) is 18.0 Å². The Labute approximate surface area is 151 Å². The minimum atomic E-state index is -4.55. The highest BCUT2D eigenvalue weighted by molar-refractivity contribution is 5.89. The van der Waals surface area contributed by atoms with Crippen molar-refractivity contribution in [2.24, 2.45) is 0 Å². The topological polar surface area (TPSA) is 74.5 Å². The summed E-state index contributed by atoms with van der Waals surface area (Å²) in [6.45, 7) is -0.369. The van der Waals surface area contributed by atoms with Crippen LogP contribution in [0, 0.1) is 0 Å². The van der Waals surface area contributed by atoms with Crippen LogP contribution in [0.1, 0.15) is 21.8 Å². The monoisotopic (exact) mass is 378 g/mol.